The summed E-state index contributed by atoms with van der Waals surface area (Å²) in [6.07, 6.45) is 4.02. The van der Waals surface area contributed by atoms with Crippen molar-refractivity contribution in [1.82, 2.24) is 10.2 Å². The second kappa shape index (κ2) is 8.79. The maximum Gasteiger partial charge on any atom is 0.326 e. The summed E-state index contributed by atoms with van der Waals surface area (Å²) in [5, 5.41) is 11.7. The highest BCUT2D eigenvalue weighted by Crippen LogP contribution is 2.17. The van der Waals surface area contributed by atoms with Crippen LogP contribution in [0, 0.1) is 5.92 Å². The molecule has 1 aliphatic rings. The van der Waals surface area contributed by atoms with Crippen molar-refractivity contribution >= 4 is 12.0 Å². The summed E-state index contributed by atoms with van der Waals surface area (Å²) < 4.78 is 5.12. The Labute approximate surface area is 120 Å². The average Bonchev–Trinajstić information content (AvgIpc) is 2.44. The maximum absolute atomic E-state index is 12.1. The number of ether oxygens (including phenoxy) is 1. The van der Waals surface area contributed by atoms with Gasteiger partial charge in [0.1, 0.15) is 6.04 Å². The van der Waals surface area contributed by atoms with Gasteiger partial charge in [-0.2, -0.15) is 0 Å². The summed E-state index contributed by atoms with van der Waals surface area (Å²) in [5.41, 5.74) is 0. The zero-order valence-corrected chi connectivity index (χ0v) is 12.4. The summed E-state index contributed by atoms with van der Waals surface area (Å²) in [6.45, 7) is 4.06. The van der Waals surface area contributed by atoms with Gasteiger partial charge in [-0.1, -0.05) is 19.8 Å². The molecule has 0 radical (unpaired) electrons. The summed E-state index contributed by atoms with van der Waals surface area (Å²) in [6, 6.07) is -1.04. The third-order valence-corrected chi connectivity index (χ3v) is 3.75. The van der Waals surface area contributed by atoms with Gasteiger partial charge in [-0.3, -0.25) is 0 Å². The summed E-state index contributed by atoms with van der Waals surface area (Å²) in [7, 11) is 1.68. The van der Waals surface area contributed by atoms with Crippen molar-refractivity contribution in [3.8, 4) is 0 Å². The molecular formula is C14H26N2O4. The molecule has 0 aromatic rings. The second-order valence-corrected chi connectivity index (χ2v) is 5.37. The van der Waals surface area contributed by atoms with Crippen molar-refractivity contribution in [2.45, 2.75) is 45.1 Å². The molecular weight excluding hydrogens is 260 g/mol. The van der Waals surface area contributed by atoms with Crippen molar-refractivity contribution in [2.75, 3.05) is 26.8 Å². The van der Waals surface area contributed by atoms with Gasteiger partial charge < -0.3 is 20.1 Å². The molecule has 20 heavy (non-hydrogen) atoms. The van der Waals surface area contributed by atoms with Crippen molar-refractivity contribution in [2.24, 2.45) is 5.92 Å². The number of carbonyl (C=O) groups is 2. The summed E-state index contributed by atoms with van der Waals surface area (Å²) >= 11 is 0. The number of hydrogen-bond acceptors (Lipinski definition) is 3. The Balaban J connectivity index is 2.39. The number of nitrogens with one attached hydrogen (secondary N) is 1. The fourth-order valence-electron chi connectivity index (χ4n) is 2.44. The highest BCUT2D eigenvalue weighted by Gasteiger charge is 2.26. The van der Waals surface area contributed by atoms with Crippen LogP contribution < -0.4 is 5.32 Å². The molecule has 2 amide bonds. The quantitative estimate of drug-likeness (QED) is 0.746. The number of carbonyl (C=O) groups excluding carboxylic acids is 1. The number of carboxylic acids is 1. The molecule has 1 rings (SSSR count). The number of rotatable bonds is 7. The van der Waals surface area contributed by atoms with E-state index >= 15 is 0 Å². The second-order valence-electron chi connectivity index (χ2n) is 5.37. The Morgan fingerprint density at radius 2 is 2.05 bits per heavy atom. The highest BCUT2D eigenvalue weighted by atomic mass is 16.5. The van der Waals surface area contributed by atoms with Crippen molar-refractivity contribution in [3.05, 3.63) is 0 Å². The van der Waals surface area contributed by atoms with Crippen LogP contribution in [0.15, 0.2) is 0 Å². The summed E-state index contributed by atoms with van der Waals surface area (Å²) in [4.78, 5) is 24.9. The Bertz CT molecular complexity index is 314. The molecule has 1 heterocycles. The van der Waals surface area contributed by atoms with E-state index in [1.807, 2.05) is 6.92 Å². The molecule has 1 saturated heterocycles. The number of amides is 2. The van der Waals surface area contributed by atoms with E-state index in [0.717, 1.165) is 32.3 Å². The number of unbranched alkanes of at least 4 members (excludes halogenated alkanes) is 1. The minimum Gasteiger partial charge on any atom is -0.480 e. The Morgan fingerprint density at radius 1 is 1.40 bits per heavy atom. The smallest absolute Gasteiger partial charge is 0.326 e. The van der Waals surface area contributed by atoms with Crippen LogP contribution in [0.25, 0.3) is 0 Å². The van der Waals surface area contributed by atoms with Gasteiger partial charge >= 0.3 is 12.0 Å². The lowest BCUT2D eigenvalue weighted by atomic mass is 9.98. The van der Waals surface area contributed by atoms with Gasteiger partial charge in [-0.05, 0) is 25.2 Å². The monoisotopic (exact) mass is 286 g/mol. The number of methoxy groups -OCH3 is 1. The van der Waals surface area contributed by atoms with Gasteiger partial charge in [-0.25, -0.2) is 9.59 Å². The number of aliphatic carboxylic acids is 1. The number of carboxylic acid groups (broad SMARTS) is 1. The third kappa shape index (κ3) is 5.36. The number of likely N-dealkylation sites (tertiary alicyclic amines) is 1. The Kier molecular flexibility index (Phi) is 7.36. The van der Waals surface area contributed by atoms with Crippen LogP contribution >= 0.6 is 0 Å². The first kappa shape index (κ1) is 16.8. The van der Waals surface area contributed by atoms with Crippen LogP contribution in [-0.2, 0) is 9.53 Å². The topological polar surface area (TPSA) is 78.9 Å². The lowest BCUT2D eigenvalue weighted by molar-refractivity contribution is -0.139. The minimum absolute atomic E-state index is 0.260. The van der Waals surface area contributed by atoms with Crippen LogP contribution in [0.5, 0.6) is 0 Å². The molecule has 0 saturated carbocycles. The van der Waals surface area contributed by atoms with E-state index in [-0.39, 0.29) is 6.03 Å². The fraction of sp³-hybridized carbons (Fsp3) is 0.857. The zero-order chi connectivity index (χ0) is 15.0. The molecule has 0 aromatic carbocycles. The molecule has 116 valence electrons. The Morgan fingerprint density at radius 3 is 2.55 bits per heavy atom. The molecule has 0 aliphatic carbocycles. The van der Waals surface area contributed by atoms with E-state index in [0.29, 0.717) is 25.4 Å². The molecule has 6 nitrogen and oxygen atoms in total. The molecule has 1 atom stereocenters. The van der Waals surface area contributed by atoms with Gasteiger partial charge in [0.2, 0.25) is 0 Å². The molecule has 0 spiro atoms. The Hall–Kier alpha value is -1.30. The first-order valence-corrected chi connectivity index (χ1v) is 7.35. The predicted octanol–water partition coefficient (Wildman–Crippen LogP) is 1.70. The normalized spacial score (nSPS) is 17.8. The lowest BCUT2D eigenvalue weighted by Crippen LogP contribution is -2.50. The number of urea groups is 1. The number of piperidine rings is 1. The lowest BCUT2D eigenvalue weighted by Gasteiger charge is -2.32. The number of nitrogens with zero attached hydrogens (tertiary/aromatic N) is 1. The maximum atomic E-state index is 12.1. The van der Waals surface area contributed by atoms with E-state index in [1.54, 1.807) is 12.0 Å². The van der Waals surface area contributed by atoms with E-state index in [1.165, 1.54) is 0 Å². The molecule has 1 aliphatic heterocycles. The van der Waals surface area contributed by atoms with Crippen molar-refractivity contribution in [3.63, 3.8) is 0 Å². The minimum atomic E-state index is -0.957. The van der Waals surface area contributed by atoms with Gasteiger partial charge in [0.05, 0.1) is 0 Å². The molecule has 1 fully saturated rings. The van der Waals surface area contributed by atoms with Gasteiger partial charge in [0, 0.05) is 26.8 Å². The third-order valence-electron chi connectivity index (χ3n) is 3.75. The van der Waals surface area contributed by atoms with Gasteiger partial charge in [0.15, 0.2) is 0 Å². The molecule has 6 heteroatoms. The zero-order valence-electron chi connectivity index (χ0n) is 12.4. The van der Waals surface area contributed by atoms with E-state index < -0.39 is 12.0 Å². The van der Waals surface area contributed by atoms with Crippen molar-refractivity contribution < 1.29 is 19.4 Å². The number of hydrogen-bond donors (Lipinski definition) is 2. The van der Waals surface area contributed by atoms with E-state index in [4.69, 9.17) is 9.84 Å². The van der Waals surface area contributed by atoms with Crippen LogP contribution in [0.1, 0.15) is 39.0 Å². The van der Waals surface area contributed by atoms with E-state index in [2.05, 4.69) is 5.32 Å². The highest BCUT2D eigenvalue weighted by molar-refractivity contribution is 5.82. The standard InChI is InChI=1S/C14H26N2O4/c1-3-4-5-12(13(17)18)15-14(19)16-8-6-11(7-9-16)10-20-2/h11-12H,3-10H2,1-2H3,(H,15,19)(H,17,18)/t12-/m0/s1. The fourth-order valence-corrected chi connectivity index (χ4v) is 2.44. The van der Waals surface area contributed by atoms with E-state index in [9.17, 15) is 9.59 Å². The first-order valence-electron chi connectivity index (χ1n) is 7.35. The van der Waals surface area contributed by atoms with Crippen LogP contribution in [0.3, 0.4) is 0 Å². The van der Waals surface area contributed by atoms with Crippen LogP contribution in [0.4, 0.5) is 4.79 Å². The average molecular weight is 286 g/mol. The molecule has 0 bridgehead atoms. The summed E-state index contributed by atoms with van der Waals surface area (Å²) in [5.74, 6) is -0.458. The van der Waals surface area contributed by atoms with Gasteiger partial charge in [-0.15, -0.1) is 0 Å². The van der Waals surface area contributed by atoms with Crippen LogP contribution in [0.2, 0.25) is 0 Å². The molecule has 2 N–H and O–H groups in total. The van der Waals surface area contributed by atoms with Crippen molar-refractivity contribution in [1.29, 1.82) is 0 Å². The van der Waals surface area contributed by atoms with Gasteiger partial charge in [0.25, 0.3) is 0 Å². The van der Waals surface area contributed by atoms with Crippen LogP contribution in [-0.4, -0.2) is 54.9 Å². The first-order chi connectivity index (χ1) is 9.58. The largest absolute Gasteiger partial charge is 0.480 e. The predicted molar refractivity (Wildman–Crippen MR) is 75.7 cm³/mol. The molecule has 0 unspecified atom stereocenters. The molecule has 0 aromatic heterocycles. The SMILES string of the molecule is CCCC[C@H](NC(=O)N1CCC(COC)CC1)C(=O)O.